The Morgan fingerprint density at radius 1 is 1.31 bits per heavy atom. The molecule has 0 aliphatic rings. The third kappa shape index (κ3) is 1.95. The predicted octanol–water partition coefficient (Wildman–Crippen LogP) is 3.13. The molecule has 0 bridgehead atoms. The molecule has 3 nitrogen and oxygen atoms in total. The average Bonchev–Trinajstić information content (AvgIpc) is 2.53. The van der Waals surface area contributed by atoms with E-state index in [0.29, 0.717) is 0 Å². The molecule has 0 amide bonds. The van der Waals surface area contributed by atoms with E-state index in [-0.39, 0.29) is 0 Å². The predicted molar refractivity (Wildman–Crippen MR) is 58.5 cm³/mol. The van der Waals surface area contributed by atoms with Crippen LogP contribution in [-0.2, 0) is 0 Å². The van der Waals surface area contributed by atoms with Crippen molar-refractivity contribution in [3.8, 4) is 11.4 Å². The van der Waals surface area contributed by atoms with Crippen LogP contribution in [0.4, 0.5) is 0 Å². The summed E-state index contributed by atoms with van der Waals surface area (Å²) in [7, 11) is 0. The Bertz CT molecular complexity index is 429. The maximum Gasteiger partial charge on any atom is 0.159 e. The van der Waals surface area contributed by atoms with Gasteiger partial charge in [0.05, 0.1) is 4.47 Å². The van der Waals surface area contributed by atoms with Crippen LogP contribution >= 0.6 is 43.2 Å². The van der Waals surface area contributed by atoms with Gasteiger partial charge in [0.15, 0.2) is 3.92 Å². The van der Waals surface area contributed by atoms with Crippen LogP contribution in [0, 0.1) is 0 Å². The largest absolute Gasteiger partial charge is 0.244 e. The molecule has 13 heavy (non-hydrogen) atoms. The third-order valence-electron chi connectivity index (χ3n) is 1.39. The molecule has 2 aromatic heterocycles. The number of hydrogen-bond acceptors (Lipinski definition) is 4. The highest BCUT2D eigenvalue weighted by Gasteiger charge is 2.07. The quantitative estimate of drug-likeness (QED) is 0.810. The highest BCUT2D eigenvalue weighted by atomic mass is 79.9. The highest BCUT2D eigenvalue weighted by Crippen LogP contribution is 2.27. The van der Waals surface area contributed by atoms with Crippen molar-refractivity contribution in [2.45, 2.75) is 0 Å². The smallest absolute Gasteiger partial charge is 0.159 e. The third-order valence-corrected chi connectivity index (χ3v) is 3.33. The lowest BCUT2D eigenvalue weighted by Gasteiger charge is -1.96. The monoisotopic (exact) mass is 319 g/mol. The van der Waals surface area contributed by atoms with Crippen LogP contribution < -0.4 is 0 Å². The fourth-order valence-electron chi connectivity index (χ4n) is 0.862. The summed E-state index contributed by atoms with van der Waals surface area (Å²) < 4.78 is 1.71. The van der Waals surface area contributed by atoms with Crippen LogP contribution in [0.1, 0.15) is 0 Å². The van der Waals surface area contributed by atoms with Crippen LogP contribution in [0.25, 0.3) is 11.4 Å². The second-order valence-electron chi connectivity index (χ2n) is 2.20. The van der Waals surface area contributed by atoms with Gasteiger partial charge in [0.25, 0.3) is 0 Å². The van der Waals surface area contributed by atoms with Crippen molar-refractivity contribution in [1.29, 1.82) is 0 Å². The van der Waals surface area contributed by atoms with Gasteiger partial charge in [0.2, 0.25) is 0 Å². The Morgan fingerprint density at radius 2 is 2.15 bits per heavy atom. The normalized spacial score (nSPS) is 10.3. The van der Waals surface area contributed by atoms with E-state index >= 15 is 0 Å². The van der Waals surface area contributed by atoms with Crippen LogP contribution in [0.3, 0.4) is 0 Å². The maximum atomic E-state index is 4.26. The van der Waals surface area contributed by atoms with Crippen LogP contribution in [-0.4, -0.2) is 15.0 Å². The van der Waals surface area contributed by atoms with E-state index in [1.54, 1.807) is 6.20 Å². The molecule has 0 N–H and O–H groups in total. The summed E-state index contributed by atoms with van der Waals surface area (Å²) in [6.07, 6.45) is 3.21. The lowest BCUT2D eigenvalue weighted by molar-refractivity contribution is 1.14. The lowest BCUT2D eigenvalue weighted by Crippen LogP contribution is -1.86. The number of thiazole rings is 1. The first-order chi connectivity index (χ1) is 6.27. The fraction of sp³-hybridized carbons (Fsp3) is 0. The summed E-state index contributed by atoms with van der Waals surface area (Å²) >= 11 is 8.20. The van der Waals surface area contributed by atoms with E-state index in [9.17, 15) is 0 Å². The summed E-state index contributed by atoms with van der Waals surface area (Å²) in [4.78, 5) is 12.3. The van der Waals surface area contributed by atoms with E-state index in [2.05, 4.69) is 46.8 Å². The number of halogens is 2. The van der Waals surface area contributed by atoms with Crippen molar-refractivity contribution < 1.29 is 0 Å². The molecule has 0 fully saturated rings. The molecule has 2 aromatic rings. The summed E-state index contributed by atoms with van der Waals surface area (Å²) in [5.74, 6) is 0. The number of aromatic nitrogens is 3. The minimum absolute atomic E-state index is 0.817. The van der Waals surface area contributed by atoms with E-state index in [1.165, 1.54) is 17.7 Å². The van der Waals surface area contributed by atoms with Crippen molar-refractivity contribution in [1.82, 2.24) is 15.0 Å². The molecule has 66 valence electrons. The first kappa shape index (κ1) is 9.23. The zero-order valence-electron chi connectivity index (χ0n) is 6.24. The van der Waals surface area contributed by atoms with Gasteiger partial charge in [-0.2, -0.15) is 0 Å². The Kier molecular flexibility index (Phi) is 2.71. The van der Waals surface area contributed by atoms with Crippen molar-refractivity contribution >= 4 is 43.2 Å². The van der Waals surface area contributed by atoms with Crippen molar-refractivity contribution in [2.24, 2.45) is 0 Å². The molecule has 0 atom stereocenters. The van der Waals surface area contributed by atoms with Gasteiger partial charge in [0.1, 0.15) is 17.7 Å². The molecule has 0 radical (unpaired) electrons. The van der Waals surface area contributed by atoms with E-state index in [4.69, 9.17) is 0 Å². The van der Waals surface area contributed by atoms with Gasteiger partial charge < -0.3 is 0 Å². The summed E-state index contributed by atoms with van der Waals surface area (Å²) in [5.41, 5.74) is 1.67. The molecule has 0 aliphatic heterocycles. The SMILES string of the molecule is Brc1nc(-c2ncncc2Br)cs1. The van der Waals surface area contributed by atoms with Crippen LogP contribution in [0.2, 0.25) is 0 Å². The highest BCUT2D eigenvalue weighted by molar-refractivity contribution is 9.11. The van der Waals surface area contributed by atoms with Crippen molar-refractivity contribution in [3.05, 3.63) is 26.3 Å². The second-order valence-corrected chi connectivity index (χ2v) is 5.19. The molecular weight excluding hydrogens is 318 g/mol. The molecule has 0 saturated heterocycles. The van der Waals surface area contributed by atoms with Crippen molar-refractivity contribution in [3.63, 3.8) is 0 Å². The Labute approximate surface area is 95.5 Å². The van der Waals surface area contributed by atoms with Gasteiger partial charge in [-0.3, -0.25) is 0 Å². The molecule has 2 heterocycles. The summed E-state index contributed by atoms with van der Waals surface area (Å²) in [6.45, 7) is 0. The van der Waals surface area contributed by atoms with Gasteiger partial charge in [-0.15, -0.1) is 11.3 Å². The van der Waals surface area contributed by atoms with Crippen molar-refractivity contribution in [2.75, 3.05) is 0 Å². The number of nitrogens with zero attached hydrogens (tertiary/aromatic N) is 3. The van der Waals surface area contributed by atoms with Gasteiger partial charge in [-0.25, -0.2) is 15.0 Å². The molecule has 0 spiro atoms. The molecular formula is C7H3Br2N3S. The Balaban J connectivity index is 2.52. The Morgan fingerprint density at radius 3 is 2.77 bits per heavy atom. The molecule has 0 unspecified atom stereocenters. The molecule has 2 rings (SSSR count). The molecule has 0 saturated carbocycles. The maximum absolute atomic E-state index is 4.26. The zero-order valence-corrected chi connectivity index (χ0v) is 10.2. The molecule has 6 heteroatoms. The molecule has 0 aliphatic carbocycles. The first-order valence-corrected chi connectivity index (χ1v) is 5.81. The fourth-order valence-corrected chi connectivity index (χ4v) is 2.28. The summed E-state index contributed by atoms with van der Waals surface area (Å²) in [6, 6.07) is 0. The number of rotatable bonds is 1. The topological polar surface area (TPSA) is 38.7 Å². The average molecular weight is 321 g/mol. The zero-order chi connectivity index (χ0) is 9.26. The van der Waals surface area contributed by atoms with E-state index in [0.717, 1.165) is 19.8 Å². The minimum Gasteiger partial charge on any atom is -0.244 e. The van der Waals surface area contributed by atoms with Gasteiger partial charge in [0, 0.05) is 11.6 Å². The Hall–Kier alpha value is -0.330. The first-order valence-electron chi connectivity index (χ1n) is 3.34. The number of hydrogen-bond donors (Lipinski definition) is 0. The molecule has 0 aromatic carbocycles. The van der Waals surface area contributed by atoms with Crippen LogP contribution in [0.15, 0.2) is 26.3 Å². The second kappa shape index (κ2) is 3.81. The van der Waals surface area contributed by atoms with E-state index in [1.807, 2.05) is 5.38 Å². The minimum atomic E-state index is 0.817. The van der Waals surface area contributed by atoms with Gasteiger partial charge in [-0.1, -0.05) is 0 Å². The standard InChI is InChI=1S/C7H3Br2N3S/c8-4-1-10-3-11-6(4)5-2-13-7(9)12-5/h1-3H. The van der Waals surface area contributed by atoms with E-state index < -0.39 is 0 Å². The van der Waals surface area contributed by atoms with Gasteiger partial charge in [-0.05, 0) is 31.9 Å². The lowest BCUT2D eigenvalue weighted by atomic mass is 10.3. The van der Waals surface area contributed by atoms with Gasteiger partial charge >= 0.3 is 0 Å². The van der Waals surface area contributed by atoms with Crippen LogP contribution in [0.5, 0.6) is 0 Å². The summed E-state index contributed by atoms with van der Waals surface area (Å²) in [5, 5.41) is 1.94.